The lowest BCUT2D eigenvalue weighted by molar-refractivity contribution is 0.0540. The molecule has 31 heavy (non-hydrogen) atoms. The van der Waals surface area contributed by atoms with E-state index in [-0.39, 0.29) is 11.9 Å². The number of hydrogen-bond donors (Lipinski definition) is 1. The first kappa shape index (κ1) is 21.1. The molecular weight excluding hydrogens is 386 g/mol. The maximum atomic E-state index is 13.8. The SMILES string of the molecule is Cc1ccc(NCC2C(C)CCCN2C(=O)c2cc(C)ccc2-c2cnn(C)c2)nc1. The smallest absolute Gasteiger partial charge is 0.254 e. The summed E-state index contributed by atoms with van der Waals surface area (Å²) >= 11 is 0. The third-order valence-corrected chi connectivity index (χ3v) is 6.20. The topological polar surface area (TPSA) is 63.1 Å². The second kappa shape index (κ2) is 8.92. The van der Waals surface area contributed by atoms with Gasteiger partial charge < -0.3 is 10.2 Å². The van der Waals surface area contributed by atoms with Crippen LogP contribution in [0, 0.1) is 19.8 Å². The molecule has 162 valence electrons. The zero-order chi connectivity index (χ0) is 22.0. The number of nitrogens with zero attached hydrogens (tertiary/aromatic N) is 4. The summed E-state index contributed by atoms with van der Waals surface area (Å²) in [4.78, 5) is 20.3. The first-order valence-electron chi connectivity index (χ1n) is 11.0. The summed E-state index contributed by atoms with van der Waals surface area (Å²) < 4.78 is 1.77. The number of pyridine rings is 1. The molecule has 1 aliphatic heterocycles. The molecule has 4 rings (SSSR count). The van der Waals surface area contributed by atoms with E-state index in [1.54, 1.807) is 4.68 Å². The monoisotopic (exact) mass is 417 g/mol. The lowest BCUT2D eigenvalue weighted by atomic mass is 9.89. The number of aromatic nitrogens is 3. The summed E-state index contributed by atoms with van der Waals surface area (Å²) in [5, 5.41) is 7.75. The van der Waals surface area contributed by atoms with E-state index in [0.29, 0.717) is 12.5 Å². The van der Waals surface area contributed by atoms with Crippen molar-refractivity contribution >= 4 is 11.7 Å². The van der Waals surface area contributed by atoms with Crippen molar-refractivity contribution in [1.29, 1.82) is 0 Å². The number of carbonyl (C=O) groups excluding carboxylic acids is 1. The van der Waals surface area contributed by atoms with Crippen molar-refractivity contribution in [1.82, 2.24) is 19.7 Å². The van der Waals surface area contributed by atoms with Crippen molar-refractivity contribution in [3.05, 3.63) is 65.6 Å². The number of anilines is 1. The van der Waals surface area contributed by atoms with Gasteiger partial charge in [0, 0.05) is 43.7 Å². The number of benzene rings is 1. The van der Waals surface area contributed by atoms with E-state index >= 15 is 0 Å². The van der Waals surface area contributed by atoms with Gasteiger partial charge in [-0.15, -0.1) is 0 Å². The van der Waals surface area contributed by atoms with Crippen LogP contribution in [0.25, 0.3) is 11.1 Å². The molecule has 2 aromatic heterocycles. The van der Waals surface area contributed by atoms with Crippen LogP contribution in [-0.2, 0) is 7.05 Å². The number of carbonyl (C=O) groups is 1. The van der Waals surface area contributed by atoms with Gasteiger partial charge in [0.25, 0.3) is 5.91 Å². The Morgan fingerprint density at radius 3 is 2.68 bits per heavy atom. The molecule has 0 bridgehead atoms. The van der Waals surface area contributed by atoms with Crippen LogP contribution < -0.4 is 5.32 Å². The first-order chi connectivity index (χ1) is 14.9. The molecule has 1 fully saturated rings. The van der Waals surface area contributed by atoms with E-state index < -0.39 is 0 Å². The molecule has 1 N–H and O–H groups in total. The molecule has 6 nitrogen and oxygen atoms in total. The maximum Gasteiger partial charge on any atom is 0.254 e. The van der Waals surface area contributed by atoms with Crippen molar-refractivity contribution in [2.75, 3.05) is 18.4 Å². The van der Waals surface area contributed by atoms with E-state index in [1.807, 2.05) is 57.7 Å². The Kier molecular flexibility index (Phi) is 6.07. The van der Waals surface area contributed by atoms with Crippen LogP contribution in [0.5, 0.6) is 0 Å². The summed E-state index contributed by atoms with van der Waals surface area (Å²) in [6.45, 7) is 7.77. The lowest BCUT2D eigenvalue weighted by Gasteiger charge is -2.40. The summed E-state index contributed by atoms with van der Waals surface area (Å²) in [5.41, 5.74) is 4.87. The fraction of sp³-hybridized carbons (Fsp3) is 0.400. The summed E-state index contributed by atoms with van der Waals surface area (Å²) in [6, 6.07) is 10.3. The number of hydrogen-bond acceptors (Lipinski definition) is 4. The minimum Gasteiger partial charge on any atom is -0.368 e. The number of nitrogens with one attached hydrogen (secondary N) is 1. The predicted molar refractivity (Wildman–Crippen MR) is 124 cm³/mol. The average Bonchev–Trinajstić information content (AvgIpc) is 3.19. The van der Waals surface area contributed by atoms with Gasteiger partial charge in [-0.25, -0.2) is 4.98 Å². The molecule has 1 saturated heterocycles. The van der Waals surface area contributed by atoms with Gasteiger partial charge in [0.15, 0.2) is 0 Å². The third-order valence-electron chi connectivity index (χ3n) is 6.20. The first-order valence-corrected chi connectivity index (χ1v) is 11.0. The summed E-state index contributed by atoms with van der Waals surface area (Å²) in [7, 11) is 1.90. The van der Waals surface area contributed by atoms with Gasteiger partial charge in [-0.2, -0.15) is 5.10 Å². The molecule has 3 heterocycles. The molecular formula is C25H31N5O. The molecule has 3 aromatic rings. The molecule has 1 amide bonds. The quantitative estimate of drug-likeness (QED) is 0.666. The Morgan fingerprint density at radius 1 is 1.16 bits per heavy atom. The average molecular weight is 418 g/mol. The maximum absolute atomic E-state index is 13.8. The van der Waals surface area contributed by atoms with Crippen LogP contribution in [-0.4, -0.2) is 44.7 Å². The third kappa shape index (κ3) is 4.63. The largest absolute Gasteiger partial charge is 0.368 e. The van der Waals surface area contributed by atoms with E-state index in [0.717, 1.165) is 53.0 Å². The number of aryl methyl sites for hydroxylation is 3. The normalized spacial score (nSPS) is 18.8. The van der Waals surface area contributed by atoms with Gasteiger partial charge in [0.05, 0.1) is 12.2 Å². The van der Waals surface area contributed by atoms with Gasteiger partial charge in [-0.3, -0.25) is 9.48 Å². The van der Waals surface area contributed by atoms with Crippen molar-refractivity contribution in [3.63, 3.8) is 0 Å². The lowest BCUT2D eigenvalue weighted by Crippen LogP contribution is -2.51. The van der Waals surface area contributed by atoms with Gasteiger partial charge in [-0.05, 0) is 55.9 Å². The highest BCUT2D eigenvalue weighted by molar-refractivity contribution is 6.01. The van der Waals surface area contributed by atoms with E-state index in [1.165, 1.54) is 0 Å². The minimum atomic E-state index is 0.0952. The highest BCUT2D eigenvalue weighted by Crippen LogP contribution is 2.30. The van der Waals surface area contributed by atoms with Crippen LogP contribution in [0.15, 0.2) is 48.9 Å². The second-order valence-electron chi connectivity index (χ2n) is 8.74. The zero-order valence-electron chi connectivity index (χ0n) is 18.8. The summed E-state index contributed by atoms with van der Waals surface area (Å²) in [5.74, 6) is 1.36. The number of likely N-dealkylation sites (tertiary alicyclic amines) is 1. The number of rotatable bonds is 5. The van der Waals surface area contributed by atoms with Crippen molar-refractivity contribution in [3.8, 4) is 11.1 Å². The Labute approximate surface area is 184 Å². The molecule has 0 spiro atoms. The Balaban J connectivity index is 1.61. The van der Waals surface area contributed by atoms with Crippen LogP contribution in [0.2, 0.25) is 0 Å². The van der Waals surface area contributed by atoms with Crippen LogP contribution >= 0.6 is 0 Å². The van der Waals surface area contributed by atoms with Crippen molar-refractivity contribution in [2.45, 2.75) is 39.7 Å². The molecule has 2 unspecified atom stereocenters. The second-order valence-corrected chi connectivity index (χ2v) is 8.74. The van der Waals surface area contributed by atoms with E-state index in [4.69, 9.17) is 0 Å². The molecule has 0 saturated carbocycles. The standard InChI is InChI=1S/C25H31N5O/c1-17-7-9-21(20-14-28-29(4)16-20)22(12-17)25(31)30-11-5-6-19(3)23(30)15-27-24-10-8-18(2)13-26-24/h7-10,12-14,16,19,23H,5-6,11,15H2,1-4H3,(H,26,27). The van der Waals surface area contributed by atoms with Crippen LogP contribution in [0.4, 0.5) is 5.82 Å². The Hall–Kier alpha value is -3.15. The summed E-state index contributed by atoms with van der Waals surface area (Å²) in [6.07, 6.45) is 7.80. The molecule has 2 atom stereocenters. The molecule has 1 aliphatic rings. The molecule has 1 aromatic carbocycles. The van der Waals surface area contributed by atoms with Gasteiger partial charge >= 0.3 is 0 Å². The van der Waals surface area contributed by atoms with Crippen molar-refractivity contribution in [2.24, 2.45) is 13.0 Å². The molecule has 0 radical (unpaired) electrons. The number of amides is 1. The highest BCUT2D eigenvalue weighted by Gasteiger charge is 2.33. The van der Waals surface area contributed by atoms with Gasteiger partial charge in [-0.1, -0.05) is 30.7 Å². The van der Waals surface area contributed by atoms with Crippen LogP contribution in [0.1, 0.15) is 41.3 Å². The fourth-order valence-corrected chi connectivity index (χ4v) is 4.40. The van der Waals surface area contributed by atoms with E-state index in [9.17, 15) is 4.79 Å². The predicted octanol–water partition coefficient (Wildman–Crippen LogP) is 4.45. The highest BCUT2D eigenvalue weighted by atomic mass is 16.2. The number of piperidine rings is 1. The Morgan fingerprint density at radius 2 is 1.97 bits per heavy atom. The van der Waals surface area contributed by atoms with Crippen molar-refractivity contribution < 1.29 is 4.79 Å². The van der Waals surface area contributed by atoms with Crippen LogP contribution in [0.3, 0.4) is 0 Å². The van der Waals surface area contributed by atoms with Gasteiger partial charge in [0.1, 0.15) is 5.82 Å². The zero-order valence-corrected chi connectivity index (χ0v) is 18.8. The van der Waals surface area contributed by atoms with Gasteiger partial charge in [0.2, 0.25) is 0 Å². The molecule has 6 heteroatoms. The molecule has 0 aliphatic carbocycles. The fourth-order valence-electron chi connectivity index (χ4n) is 4.40. The Bertz CT molecular complexity index is 1060. The van der Waals surface area contributed by atoms with E-state index in [2.05, 4.69) is 39.4 Å². The minimum absolute atomic E-state index is 0.0952.